The Bertz CT molecular complexity index is 1570. The van der Waals surface area contributed by atoms with E-state index >= 15 is 0 Å². The van der Waals surface area contributed by atoms with Crippen LogP contribution in [0.25, 0.3) is 17.2 Å². The van der Waals surface area contributed by atoms with E-state index in [4.69, 9.17) is 28.2 Å². The zero-order valence-electron chi connectivity index (χ0n) is 22.9. The summed E-state index contributed by atoms with van der Waals surface area (Å²) >= 11 is 11.6. The third-order valence-electron chi connectivity index (χ3n) is 6.02. The van der Waals surface area contributed by atoms with Crippen LogP contribution in [0.3, 0.4) is 0 Å². The van der Waals surface area contributed by atoms with Crippen LogP contribution < -0.4 is 0 Å². The molecule has 0 aliphatic carbocycles. The molecule has 0 saturated carbocycles. The molecule has 0 radical (unpaired) electrons. The molecule has 0 aliphatic heterocycles. The lowest BCUT2D eigenvalue weighted by molar-refractivity contribution is -0.137. The maximum atomic E-state index is 13.1. The number of carbonyl (C=O) groups is 1. The lowest BCUT2D eigenvalue weighted by Crippen LogP contribution is -2.06. The molecule has 4 nitrogen and oxygen atoms in total. The predicted molar refractivity (Wildman–Crippen MR) is 164 cm³/mol. The van der Waals surface area contributed by atoms with Crippen molar-refractivity contribution in [1.29, 1.82) is 0 Å². The number of hydrogen-bond donors (Lipinski definition) is 1. The van der Waals surface area contributed by atoms with E-state index in [9.17, 15) is 23.1 Å². The molecule has 0 saturated heterocycles. The van der Waals surface area contributed by atoms with Crippen molar-refractivity contribution in [3.63, 3.8) is 0 Å². The highest BCUT2D eigenvalue weighted by Crippen LogP contribution is 2.32. The van der Waals surface area contributed by atoms with Crippen LogP contribution in [-0.4, -0.2) is 20.6 Å². The fourth-order valence-corrected chi connectivity index (χ4v) is 4.35. The van der Waals surface area contributed by atoms with Crippen LogP contribution in [-0.2, 0) is 19.1 Å². The van der Waals surface area contributed by atoms with Crippen molar-refractivity contribution < 1.29 is 23.1 Å². The molecule has 1 aromatic heterocycles. The lowest BCUT2D eigenvalue weighted by Gasteiger charge is -2.10. The van der Waals surface area contributed by atoms with Crippen LogP contribution in [0, 0.1) is 0 Å². The molecule has 0 unspecified atom stereocenters. The van der Waals surface area contributed by atoms with Crippen molar-refractivity contribution in [2.75, 3.05) is 0 Å². The number of halogens is 5. The van der Waals surface area contributed by atoms with Gasteiger partial charge < -0.3 is 9.67 Å². The summed E-state index contributed by atoms with van der Waals surface area (Å²) in [5, 5.41) is 9.62. The number of aromatic nitrogens is 2. The molecular weight excluding hydrogens is 584 g/mol. The fourth-order valence-electron chi connectivity index (χ4n) is 4.01. The highest BCUT2D eigenvalue weighted by atomic mass is 35.5. The molecule has 0 spiro atoms. The number of alkyl halides is 3. The summed E-state index contributed by atoms with van der Waals surface area (Å²) in [6.07, 6.45) is 4.71. The molecule has 4 aromatic rings. The van der Waals surface area contributed by atoms with Gasteiger partial charge in [-0.15, -0.1) is 0 Å². The van der Waals surface area contributed by atoms with Gasteiger partial charge in [0.2, 0.25) is 0 Å². The summed E-state index contributed by atoms with van der Waals surface area (Å²) in [6.45, 7) is 4.46. The highest BCUT2D eigenvalue weighted by molar-refractivity contribution is 6.33. The van der Waals surface area contributed by atoms with Crippen molar-refractivity contribution in [2.24, 2.45) is 0 Å². The van der Waals surface area contributed by atoms with Gasteiger partial charge in [-0.2, -0.15) is 13.2 Å². The number of carboxylic acids is 1. The zero-order valence-corrected chi connectivity index (χ0v) is 24.5. The Morgan fingerprint density at radius 2 is 1.64 bits per heavy atom. The Morgan fingerprint density at radius 1 is 0.976 bits per heavy atom. The van der Waals surface area contributed by atoms with Gasteiger partial charge in [0.15, 0.2) is 0 Å². The van der Waals surface area contributed by atoms with Crippen LogP contribution in [0.2, 0.25) is 0 Å². The quantitative estimate of drug-likeness (QED) is 0.191. The molecule has 3 aromatic carbocycles. The van der Waals surface area contributed by atoms with Gasteiger partial charge >= 0.3 is 12.1 Å². The van der Waals surface area contributed by atoms with E-state index in [1.54, 1.807) is 66.8 Å². The number of benzene rings is 3. The third kappa shape index (κ3) is 9.23. The topological polar surface area (TPSA) is 55.1 Å². The number of hydrogen-bond acceptors (Lipinski definition) is 2. The van der Waals surface area contributed by atoms with E-state index < -0.39 is 17.7 Å². The minimum absolute atomic E-state index is 0.203. The first-order valence-electron chi connectivity index (χ1n) is 13.1. The second-order valence-electron chi connectivity index (χ2n) is 8.87. The van der Waals surface area contributed by atoms with E-state index in [1.165, 1.54) is 11.6 Å². The standard InChI is InChI=1S/C31H23Cl2F3N2O2.C2H6/c32-16-15-27(33)5-2-6-28-20-38(19-22-9-13-24(14-10-22)30(39)40)29(37-28)17-21-7-11-23(12-8-21)25-3-1-4-26(18-25)31(34,35)36;1-2/h1-16,18,20H,17,19H2,(H,39,40);1-2H3/b6-2+,16-15+,27-5+;. The zero-order chi connectivity index (χ0) is 30.7. The Kier molecular flexibility index (Phi) is 11.8. The van der Waals surface area contributed by atoms with Crippen molar-refractivity contribution in [2.45, 2.75) is 33.0 Å². The smallest absolute Gasteiger partial charge is 0.416 e. The molecule has 1 N–H and O–H groups in total. The normalized spacial score (nSPS) is 12.0. The summed E-state index contributed by atoms with van der Waals surface area (Å²) in [7, 11) is 0. The first-order chi connectivity index (χ1) is 20.1. The number of imidazole rings is 1. The monoisotopic (exact) mass is 612 g/mol. The molecule has 0 bridgehead atoms. The number of rotatable bonds is 9. The molecule has 4 rings (SSSR count). The number of nitrogens with zero attached hydrogens (tertiary/aromatic N) is 2. The SMILES string of the molecule is CC.O=C(O)c1ccc(Cn2cc(/C=C/C=C(Cl)\C=C\Cl)nc2Cc2ccc(-c3cccc(C(F)(F)F)c3)cc2)cc1. The van der Waals surface area contributed by atoms with E-state index in [2.05, 4.69) is 0 Å². The van der Waals surface area contributed by atoms with E-state index in [0.717, 1.165) is 29.1 Å². The number of allylic oxidation sites excluding steroid dienone is 4. The third-order valence-corrected chi connectivity index (χ3v) is 6.39. The van der Waals surface area contributed by atoms with E-state index in [1.807, 2.05) is 36.7 Å². The molecule has 9 heteroatoms. The minimum atomic E-state index is -4.41. The van der Waals surface area contributed by atoms with Crippen LogP contribution in [0.5, 0.6) is 0 Å². The molecule has 0 amide bonds. The second kappa shape index (κ2) is 15.2. The Labute approximate surface area is 253 Å². The summed E-state index contributed by atoms with van der Waals surface area (Å²) in [4.78, 5) is 15.9. The van der Waals surface area contributed by atoms with Crippen molar-refractivity contribution in [3.8, 4) is 11.1 Å². The van der Waals surface area contributed by atoms with Gasteiger partial charge in [-0.3, -0.25) is 0 Å². The second-order valence-corrected chi connectivity index (χ2v) is 9.56. The summed E-state index contributed by atoms with van der Waals surface area (Å²) in [5.41, 5.74) is 4.49. The summed E-state index contributed by atoms with van der Waals surface area (Å²) in [6, 6.07) is 19.2. The average molecular weight is 614 g/mol. The first kappa shape index (κ1) is 32.4. The van der Waals surface area contributed by atoms with Gasteiger partial charge in [0.25, 0.3) is 0 Å². The van der Waals surface area contributed by atoms with E-state index in [0.29, 0.717) is 34.8 Å². The number of aromatic carboxylic acids is 1. The average Bonchev–Trinajstić information content (AvgIpc) is 3.35. The van der Waals surface area contributed by atoms with Gasteiger partial charge in [0.05, 0.1) is 16.8 Å². The van der Waals surface area contributed by atoms with Crippen molar-refractivity contribution in [3.05, 3.63) is 142 Å². The molecule has 218 valence electrons. The number of carboxylic acid groups (broad SMARTS) is 1. The van der Waals surface area contributed by atoms with Crippen LogP contribution in [0.4, 0.5) is 13.2 Å². The van der Waals surface area contributed by atoms with Crippen molar-refractivity contribution in [1.82, 2.24) is 9.55 Å². The summed E-state index contributed by atoms with van der Waals surface area (Å²) in [5.74, 6) is -0.240. The lowest BCUT2D eigenvalue weighted by atomic mass is 10.0. The maximum Gasteiger partial charge on any atom is 0.416 e. The van der Waals surface area contributed by atoms with E-state index in [-0.39, 0.29) is 5.56 Å². The first-order valence-corrected chi connectivity index (χ1v) is 13.9. The molecule has 1 heterocycles. The minimum Gasteiger partial charge on any atom is -0.478 e. The Balaban J connectivity index is 0.00000237. The predicted octanol–water partition coefficient (Wildman–Crippen LogP) is 9.82. The van der Waals surface area contributed by atoms with Gasteiger partial charge in [0.1, 0.15) is 5.82 Å². The summed E-state index contributed by atoms with van der Waals surface area (Å²) < 4.78 is 41.4. The molecular formula is C33H29Cl2F3N2O2. The van der Waals surface area contributed by atoms with Crippen LogP contribution in [0.15, 0.2) is 108 Å². The van der Waals surface area contributed by atoms with Gasteiger partial charge in [-0.1, -0.05) is 91.7 Å². The Morgan fingerprint density at radius 3 is 2.26 bits per heavy atom. The highest BCUT2D eigenvalue weighted by Gasteiger charge is 2.30. The largest absolute Gasteiger partial charge is 0.478 e. The Hall–Kier alpha value is -4.07. The maximum absolute atomic E-state index is 13.1. The molecule has 0 fully saturated rings. The van der Waals surface area contributed by atoms with Gasteiger partial charge in [-0.25, -0.2) is 9.78 Å². The van der Waals surface area contributed by atoms with Crippen LogP contribution >= 0.6 is 23.2 Å². The molecule has 0 atom stereocenters. The van der Waals surface area contributed by atoms with Gasteiger partial charge in [0, 0.05) is 29.7 Å². The van der Waals surface area contributed by atoms with Crippen LogP contribution in [0.1, 0.15) is 52.4 Å². The molecule has 0 aliphatic rings. The van der Waals surface area contributed by atoms with Gasteiger partial charge in [-0.05, 0) is 64.7 Å². The fraction of sp³-hybridized carbons (Fsp3) is 0.152. The van der Waals surface area contributed by atoms with Crippen molar-refractivity contribution >= 4 is 35.2 Å². The molecule has 42 heavy (non-hydrogen) atoms.